The van der Waals surface area contributed by atoms with E-state index >= 15 is 0 Å². The van der Waals surface area contributed by atoms with Gasteiger partial charge in [-0.05, 0) is 18.8 Å². The molecule has 0 aliphatic carbocycles. The lowest BCUT2D eigenvalue weighted by Crippen LogP contribution is -2.12. The van der Waals surface area contributed by atoms with Crippen LogP contribution in [0.25, 0.3) is 0 Å². The summed E-state index contributed by atoms with van der Waals surface area (Å²) in [5.74, 6) is -0.603. The molecule has 0 heterocycles. The first-order valence-electron chi connectivity index (χ1n) is 18.6. The van der Waals surface area contributed by atoms with Crippen molar-refractivity contribution in [2.45, 2.75) is 219 Å². The van der Waals surface area contributed by atoms with Crippen molar-refractivity contribution < 1.29 is 9.90 Å². The fourth-order valence-electron chi connectivity index (χ4n) is 6.19. The Morgan fingerprint density at radius 2 is 0.625 bits per heavy atom. The highest BCUT2D eigenvalue weighted by Gasteiger charge is 2.17. The second kappa shape index (κ2) is 32.7. The topological polar surface area (TPSA) is 37.3 Å². The van der Waals surface area contributed by atoms with E-state index in [0.29, 0.717) is 5.57 Å². The van der Waals surface area contributed by atoms with Gasteiger partial charge < -0.3 is 5.11 Å². The summed E-state index contributed by atoms with van der Waals surface area (Å²) in [4.78, 5) is 11.6. The van der Waals surface area contributed by atoms with Crippen LogP contribution in [0.1, 0.15) is 219 Å². The van der Waals surface area contributed by atoms with Gasteiger partial charge in [0.1, 0.15) is 0 Å². The van der Waals surface area contributed by atoms with Crippen molar-refractivity contribution in [3.63, 3.8) is 0 Å². The molecule has 2 heteroatoms. The van der Waals surface area contributed by atoms with Crippen LogP contribution in [0.3, 0.4) is 0 Å². The minimum atomic E-state index is -0.785. The summed E-state index contributed by atoms with van der Waals surface area (Å²) < 4.78 is 0. The number of hydrogen-bond acceptors (Lipinski definition) is 1. The molecule has 0 radical (unpaired) electrons. The van der Waals surface area contributed by atoms with Gasteiger partial charge in [0.25, 0.3) is 0 Å². The monoisotopic (exact) mass is 563 g/mol. The van der Waals surface area contributed by atoms with E-state index in [0.717, 1.165) is 25.7 Å². The van der Waals surface area contributed by atoms with Gasteiger partial charge in [-0.2, -0.15) is 0 Å². The highest BCUT2D eigenvalue weighted by atomic mass is 16.4. The number of unbranched alkanes of at least 4 members (excludes halogenated alkanes) is 28. The number of rotatable bonds is 34. The van der Waals surface area contributed by atoms with Crippen LogP contribution in [0.2, 0.25) is 0 Å². The second-order valence-electron chi connectivity index (χ2n) is 13.0. The quantitative estimate of drug-likeness (QED) is 0.0625. The number of aliphatic carboxylic acids is 1. The fourth-order valence-corrected chi connectivity index (χ4v) is 6.19. The van der Waals surface area contributed by atoms with Crippen LogP contribution < -0.4 is 0 Å². The minimum absolute atomic E-state index is 0.182. The highest BCUT2D eigenvalue weighted by molar-refractivity contribution is 5.86. The Bertz CT molecular complexity index is 526. The van der Waals surface area contributed by atoms with Crippen LogP contribution in [-0.4, -0.2) is 11.1 Å². The Balaban J connectivity index is 3.61. The summed E-state index contributed by atoms with van der Waals surface area (Å²) in [6.45, 7) is 8.51. The molecule has 0 fully saturated rings. The lowest BCUT2D eigenvalue weighted by atomic mass is 9.88. The summed E-state index contributed by atoms with van der Waals surface area (Å²) in [6.07, 6.45) is 43.2. The van der Waals surface area contributed by atoms with E-state index in [1.54, 1.807) is 0 Å². The van der Waals surface area contributed by atoms with E-state index in [2.05, 4.69) is 20.4 Å². The maximum atomic E-state index is 11.6. The van der Waals surface area contributed by atoms with Gasteiger partial charge in [0.2, 0.25) is 0 Å². The molecule has 238 valence electrons. The average molecular weight is 563 g/mol. The molecule has 0 aliphatic rings. The van der Waals surface area contributed by atoms with Gasteiger partial charge in [0.05, 0.1) is 0 Å². The smallest absolute Gasteiger partial charge is 0.331 e. The Morgan fingerprint density at radius 3 is 0.825 bits per heavy atom. The number of carboxylic acid groups (broad SMARTS) is 1. The molecule has 0 spiro atoms. The number of carboxylic acids is 1. The van der Waals surface area contributed by atoms with Gasteiger partial charge in [-0.25, -0.2) is 4.79 Å². The van der Waals surface area contributed by atoms with E-state index in [1.807, 2.05) is 0 Å². The summed E-state index contributed by atoms with van der Waals surface area (Å²) in [5, 5.41) is 9.50. The summed E-state index contributed by atoms with van der Waals surface area (Å²) in [7, 11) is 0. The molecule has 0 saturated heterocycles. The van der Waals surface area contributed by atoms with Gasteiger partial charge in [-0.3, -0.25) is 0 Å². The predicted octanol–water partition coefficient (Wildman–Crippen LogP) is 13.8. The summed E-state index contributed by atoms with van der Waals surface area (Å²) in [6, 6.07) is 0. The molecule has 40 heavy (non-hydrogen) atoms. The Kier molecular flexibility index (Phi) is 32.1. The van der Waals surface area contributed by atoms with Crippen LogP contribution in [0.15, 0.2) is 12.2 Å². The largest absolute Gasteiger partial charge is 0.478 e. The third kappa shape index (κ3) is 28.7. The van der Waals surface area contributed by atoms with E-state index in [4.69, 9.17) is 0 Å². The molecule has 1 atom stereocenters. The van der Waals surface area contributed by atoms with Crippen molar-refractivity contribution >= 4 is 5.97 Å². The van der Waals surface area contributed by atoms with Crippen LogP contribution in [0.4, 0.5) is 0 Å². The molecule has 0 aromatic heterocycles. The molecule has 0 aromatic rings. The van der Waals surface area contributed by atoms with Crippen LogP contribution in [0.5, 0.6) is 0 Å². The third-order valence-corrected chi connectivity index (χ3v) is 9.08. The molecule has 0 aliphatic heterocycles. The van der Waals surface area contributed by atoms with Crippen molar-refractivity contribution in [3.8, 4) is 0 Å². The van der Waals surface area contributed by atoms with Crippen molar-refractivity contribution in [2.75, 3.05) is 0 Å². The van der Waals surface area contributed by atoms with Crippen LogP contribution in [0, 0.1) is 5.92 Å². The molecule has 0 saturated carbocycles. The molecule has 0 rings (SSSR count). The molecule has 0 bridgehead atoms. The van der Waals surface area contributed by atoms with Crippen LogP contribution in [-0.2, 0) is 4.79 Å². The zero-order chi connectivity index (χ0) is 29.4. The van der Waals surface area contributed by atoms with E-state index < -0.39 is 5.97 Å². The second-order valence-corrected chi connectivity index (χ2v) is 13.0. The Labute approximate surface area is 253 Å². The molecule has 2 nitrogen and oxygen atoms in total. The predicted molar refractivity (Wildman–Crippen MR) is 179 cm³/mol. The molecule has 0 amide bonds. The molecular formula is C38H74O2. The highest BCUT2D eigenvalue weighted by Crippen LogP contribution is 2.25. The van der Waals surface area contributed by atoms with Gasteiger partial charge in [-0.15, -0.1) is 0 Å². The first-order valence-corrected chi connectivity index (χ1v) is 18.6. The molecular weight excluding hydrogens is 488 g/mol. The van der Waals surface area contributed by atoms with E-state index in [1.165, 1.54) is 180 Å². The van der Waals surface area contributed by atoms with Crippen molar-refractivity contribution in [1.82, 2.24) is 0 Å². The van der Waals surface area contributed by atoms with E-state index in [9.17, 15) is 9.90 Å². The zero-order valence-electron chi connectivity index (χ0n) is 27.8. The van der Waals surface area contributed by atoms with Gasteiger partial charge in [0, 0.05) is 5.57 Å². The van der Waals surface area contributed by atoms with Crippen LogP contribution >= 0.6 is 0 Å². The zero-order valence-corrected chi connectivity index (χ0v) is 27.8. The molecule has 1 N–H and O–H groups in total. The van der Waals surface area contributed by atoms with Gasteiger partial charge in [-0.1, -0.05) is 213 Å². The number of hydrogen-bond donors (Lipinski definition) is 1. The Hall–Kier alpha value is -0.790. The molecule has 1 unspecified atom stereocenters. The first kappa shape index (κ1) is 39.2. The normalized spacial score (nSPS) is 12.2. The minimum Gasteiger partial charge on any atom is -0.478 e. The first-order chi connectivity index (χ1) is 19.6. The maximum absolute atomic E-state index is 11.6. The Morgan fingerprint density at radius 1 is 0.425 bits per heavy atom. The SMILES string of the molecule is C=C(C(=O)O)C(CCCCCCCCCCCCCCCC)CCCCCCCCCCCCCCCCCC. The molecule has 0 aromatic carbocycles. The summed E-state index contributed by atoms with van der Waals surface area (Å²) in [5.41, 5.74) is 0.454. The van der Waals surface area contributed by atoms with Crippen molar-refractivity contribution in [2.24, 2.45) is 5.92 Å². The lowest BCUT2D eigenvalue weighted by molar-refractivity contribution is -0.133. The van der Waals surface area contributed by atoms with Crippen molar-refractivity contribution in [1.29, 1.82) is 0 Å². The standard InChI is InChI=1S/C38H74O2/c1-4-6-8-10-12-14-16-18-20-21-23-25-27-29-31-33-35-37(36(3)38(39)40)34-32-30-28-26-24-22-19-17-15-13-11-9-7-5-2/h37H,3-35H2,1-2H3,(H,39,40). The van der Waals surface area contributed by atoms with Gasteiger partial charge in [0.15, 0.2) is 0 Å². The average Bonchev–Trinajstić information content (AvgIpc) is 2.95. The lowest BCUT2D eigenvalue weighted by Gasteiger charge is -2.17. The fraction of sp³-hybridized carbons (Fsp3) is 0.921. The number of carbonyl (C=O) groups is 1. The van der Waals surface area contributed by atoms with Crippen molar-refractivity contribution in [3.05, 3.63) is 12.2 Å². The summed E-state index contributed by atoms with van der Waals surface area (Å²) >= 11 is 0. The van der Waals surface area contributed by atoms with E-state index in [-0.39, 0.29) is 5.92 Å². The third-order valence-electron chi connectivity index (χ3n) is 9.08. The maximum Gasteiger partial charge on any atom is 0.331 e. The van der Waals surface area contributed by atoms with Gasteiger partial charge >= 0.3 is 5.97 Å².